The summed E-state index contributed by atoms with van der Waals surface area (Å²) in [6.45, 7) is 0.900. The van der Waals surface area contributed by atoms with E-state index in [2.05, 4.69) is 12.1 Å². The fourth-order valence-corrected chi connectivity index (χ4v) is 3.15. The van der Waals surface area contributed by atoms with Crippen LogP contribution < -0.4 is 4.74 Å². The van der Waals surface area contributed by atoms with E-state index in [0.717, 1.165) is 18.8 Å². The van der Waals surface area contributed by atoms with Crippen molar-refractivity contribution in [3.8, 4) is 5.75 Å². The molecular weight excluding hydrogens is 295 g/mol. The first-order chi connectivity index (χ1) is 7.24. The molecule has 2 rings (SSSR count). The molecule has 0 spiro atoms. The van der Waals surface area contributed by atoms with Crippen molar-refractivity contribution in [3.63, 3.8) is 0 Å². The number of ether oxygens (including phenoxy) is 2. The third-order valence-corrected chi connectivity index (χ3v) is 4.78. The van der Waals surface area contributed by atoms with Gasteiger partial charge in [0.25, 0.3) is 0 Å². The Morgan fingerprint density at radius 2 is 2.00 bits per heavy atom. The second kappa shape index (κ2) is 4.74. The van der Waals surface area contributed by atoms with Crippen LogP contribution in [0.4, 0.5) is 0 Å². The molecule has 1 aliphatic rings. The summed E-state index contributed by atoms with van der Waals surface area (Å²) in [5.74, 6) is 0.911. The monoisotopic (exact) mass is 311 g/mol. The minimum atomic E-state index is -0.00274. The molecule has 15 heavy (non-hydrogen) atoms. The molecule has 79 valence electrons. The molecule has 1 heterocycles. The standard InChI is InChI=1S/C12H15O2.Sn/c1-13-11-7-5-10(6-8-11)12-4-2-3-9-14-12;/h5-8H,2-4,9H2,1H3;. The van der Waals surface area contributed by atoms with Gasteiger partial charge in [0.2, 0.25) is 0 Å². The quantitative estimate of drug-likeness (QED) is 0.780. The van der Waals surface area contributed by atoms with Crippen molar-refractivity contribution >= 4 is 22.5 Å². The summed E-state index contributed by atoms with van der Waals surface area (Å²) in [7, 11) is 1.69. The van der Waals surface area contributed by atoms with E-state index in [1.54, 1.807) is 7.11 Å². The van der Waals surface area contributed by atoms with E-state index in [-0.39, 0.29) is 3.62 Å². The third-order valence-electron chi connectivity index (χ3n) is 2.83. The van der Waals surface area contributed by atoms with Crippen LogP contribution >= 0.6 is 0 Å². The Balaban J connectivity index is 2.20. The Hall–Kier alpha value is -0.221. The molecule has 1 saturated heterocycles. The van der Waals surface area contributed by atoms with Gasteiger partial charge in [-0.05, 0) is 0 Å². The topological polar surface area (TPSA) is 18.5 Å². The van der Waals surface area contributed by atoms with Gasteiger partial charge in [0.05, 0.1) is 0 Å². The summed E-state index contributed by atoms with van der Waals surface area (Å²) < 4.78 is 11.1. The minimum absolute atomic E-state index is 0.00274. The third kappa shape index (κ3) is 2.48. The number of hydrogen-bond acceptors (Lipinski definition) is 2. The van der Waals surface area contributed by atoms with Crippen LogP contribution in [0, 0.1) is 0 Å². The second-order valence-electron chi connectivity index (χ2n) is 3.86. The van der Waals surface area contributed by atoms with Crippen LogP contribution in [0.15, 0.2) is 24.3 Å². The SMILES string of the molecule is COc1ccc([C]2([Sn])CCCCO2)cc1. The predicted octanol–water partition coefficient (Wildman–Crippen LogP) is 2.22. The first-order valence-corrected chi connectivity index (χ1v) is 6.71. The normalized spacial score (nSPS) is 26.3. The fraction of sp³-hybridized carbons (Fsp3) is 0.500. The fourth-order valence-electron chi connectivity index (χ4n) is 1.88. The van der Waals surface area contributed by atoms with Crippen molar-refractivity contribution in [2.75, 3.05) is 13.7 Å². The van der Waals surface area contributed by atoms with Gasteiger partial charge in [-0.2, -0.15) is 0 Å². The number of methoxy groups -OCH3 is 1. The Morgan fingerprint density at radius 3 is 2.53 bits per heavy atom. The van der Waals surface area contributed by atoms with Gasteiger partial charge >= 0.3 is 104 Å². The van der Waals surface area contributed by atoms with Crippen LogP contribution in [0.25, 0.3) is 0 Å². The van der Waals surface area contributed by atoms with E-state index < -0.39 is 0 Å². The summed E-state index contributed by atoms with van der Waals surface area (Å²) in [4.78, 5) is 0. The zero-order valence-corrected chi connectivity index (χ0v) is 11.8. The van der Waals surface area contributed by atoms with E-state index >= 15 is 0 Å². The molecule has 3 heteroatoms. The number of benzene rings is 1. The first kappa shape index (κ1) is 11.3. The molecule has 1 atom stereocenters. The zero-order chi connectivity index (χ0) is 10.7. The molecule has 0 aromatic heterocycles. The Morgan fingerprint density at radius 1 is 1.27 bits per heavy atom. The van der Waals surface area contributed by atoms with Gasteiger partial charge in [0.1, 0.15) is 0 Å². The molecule has 1 aromatic carbocycles. The molecule has 1 aliphatic heterocycles. The summed E-state index contributed by atoms with van der Waals surface area (Å²) in [6, 6.07) is 8.27. The van der Waals surface area contributed by atoms with Gasteiger partial charge in [-0.15, -0.1) is 0 Å². The summed E-state index contributed by atoms with van der Waals surface area (Å²) >= 11 is 1.45. The van der Waals surface area contributed by atoms with Crippen LogP contribution in [0.5, 0.6) is 5.75 Å². The summed E-state index contributed by atoms with van der Waals surface area (Å²) in [5, 5.41) is 0. The molecule has 1 unspecified atom stereocenters. The van der Waals surface area contributed by atoms with E-state index in [9.17, 15) is 0 Å². The van der Waals surface area contributed by atoms with E-state index in [1.807, 2.05) is 12.1 Å². The Bertz CT molecular complexity index is 315. The molecule has 0 amide bonds. The molecule has 3 radical (unpaired) electrons. The Kier molecular flexibility index (Phi) is 3.56. The van der Waals surface area contributed by atoms with Crippen molar-refractivity contribution in [2.45, 2.75) is 22.9 Å². The van der Waals surface area contributed by atoms with Gasteiger partial charge < -0.3 is 0 Å². The van der Waals surface area contributed by atoms with Crippen molar-refractivity contribution < 1.29 is 9.47 Å². The van der Waals surface area contributed by atoms with Gasteiger partial charge in [0.15, 0.2) is 0 Å². The van der Waals surface area contributed by atoms with Gasteiger partial charge in [-0.1, -0.05) is 0 Å². The van der Waals surface area contributed by atoms with Crippen molar-refractivity contribution in [1.82, 2.24) is 0 Å². The van der Waals surface area contributed by atoms with Gasteiger partial charge in [0, 0.05) is 0 Å². The van der Waals surface area contributed by atoms with Gasteiger partial charge in [-0.3, -0.25) is 0 Å². The zero-order valence-electron chi connectivity index (χ0n) is 8.95. The molecule has 0 saturated carbocycles. The first-order valence-electron chi connectivity index (χ1n) is 5.28. The Labute approximate surface area is 104 Å². The van der Waals surface area contributed by atoms with Crippen molar-refractivity contribution in [3.05, 3.63) is 29.8 Å². The van der Waals surface area contributed by atoms with E-state index in [0.29, 0.717) is 0 Å². The van der Waals surface area contributed by atoms with Crippen molar-refractivity contribution in [1.29, 1.82) is 0 Å². The predicted molar refractivity (Wildman–Crippen MR) is 60.2 cm³/mol. The molecule has 1 aromatic rings. The van der Waals surface area contributed by atoms with E-state index in [4.69, 9.17) is 9.47 Å². The van der Waals surface area contributed by atoms with Crippen LogP contribution in [0.2, 0.25) is 0 Å². The molecular formula is C12H15O2Sn. The van der Waals surface area contributed by atoms with Crippen LogP contribution in [-0.2, 0) is 8.35 Å². The van der Waals surface area contributed by atoms with Crippen LogP contribution in [0.1, 0.15) is 24.8 Å². The number of rotatable bonds is 2. The maximum atomic E-state index is 5.92. The maximum absolute atomic E-state index is 5.92. The van der Waals surface area contributed by atoms with Crippen molar-refractivity contribution in [2.24, 2.45) is 0 Å². The molecule has 0 bridgehead atoms. The average Bonchev–Trinajstić information content (AvgIpc) is 2.30. The summed E-state index contributed by atoms with van der Waals surface area (Å²) in [5.41, 5.74) is 1.29. The van der Waals surface area contributed by atoms with E-state index in [1.165, 1.54) is 40.9 Å². The molecule has 1 fully saturated rings. The molecule has 0 N–H and O–H groups in total. The van der Waals surface area contributed by atoms with Gasteiger partial charge in [-0.25, -0.2) is 0 Å². The van der Waals surface area contributed by atoms with Crippen LogP contribution in [-0.4, -0.2) is 36.2 Å². The number of hydrogen-bond donors (Lipinski definition) is 0. The molecule has 2 nitrogen and oxygen atoms in total. The van der Waals surface area contributed by atoms with Crippen LogP contribution in [0.3, 0.4) is 0 Å². The second-order valence-corrected chi connectivity index (χ2v) is 6.17. The molecule has 0 aliphatic carbocycles. The summed E-state index contributed by atoms with van der Waals surface area (Å²) in [6.07, 6.45) is 3.63. The average molecular weight is 310 g/mol.